The molecule has 4 rings (SSSR count). The Kier molecular flexibility index (Phi) is 7.78. The lowest BCUT2D eigenvalue weighted by Gasteiger charge is -2.10. The van der Waals surface area contributed by atoms with Crippen LogP contribution in [0.2, 0.25) is 5.02 Å². The fraction of sp³-hybridized carbons (Fsp3) is 0.161. The SMILES string of the molecule is C/C=C/CCc1ccccc1CCc1ccc2c(F)c(C#Cc3ccc(Cl)c(F)c3)ccc2c1. The predicted octanol–water partition coefficient (Wildman–Crippen LogP) is 8.47. The van der Waals surface area contributed by atoms with Gasteiger partial charge >= 0.3 is 0 Å². The Morgan fingerprint density at radius 2 is 1.62 bits per heavy atom. The second-order valence-electron chi connectivity index (χ2n) is 8.24. The number of hydrogen-bond donors (Lipinski definition) is 0. The monoisotopic (exact) mass is 470 g/mol. The maximum Gasteiger partial charge on any atom is 0.146 e. The first-order chi connectivity index (χ1) is 16.5. The van der Waals surface area contributed by atoms with Crippen LogP contribution in [0.5, 0.6) is 0 Å². The van der Waals surface area contributed by atoms with Gasteiger partial charge in [0.1, 0.15) is 11.6 Å². The Hall–Kier alpha value is -3.41. The molecule has 0 aliphatic heterocycles. The van der Waals surface area contributed by atoms with Crippen molar-refractivity contribution in [1.82, 2.24) is 0 Å². The van der Waals surface area contributed by atoms with Crippen LogP contribution in [-0.2, 0) is 19.3 Å². The van der Waals surface area contributed by atoms with E-state index < -0.39 is 5.82 Å². The molecule has 0 radical (unpaired) electrons. The Morgan fingerprint density at radius 1 is 0.824 bits per heavy atom. The smallest absolute Gasteiger partial charge is 0.146 e. The van der Waals surface area contributed by atoms with Crippen LogP contribution in [0.3, 0.4) is 0 Å². The van der Waals surface area contributed by atoms with E-state index in [4.69, 9.17) is 11.6 Å². The Balaban J connectivity index is 1.51. The van der Waals surface area contributed by atoms with E-state index >= 15 is 4.39 Å². The molecule has 0 aromatic heterocycles. The maximum atomic E-state index is 15.1. The number of aryl methyl sites for hydroxylation is 3. The van der Waals surface area contributed by atoms with Gasteiger partial charge in [-0.15, -0.1) is 0 Å². The van der Waals surface area contributed by atoms with E-state index in [0.29, 0.717) is 10.9 Å². The highest BCUT2D eigenvalue weighted by atomic mass is 35.5. The predicted molar refractivity (Wildman–Crippen MR) is 138 cm³/mol. The molecule has 0 atom stereocenters. The molecule has 0 nitrogen and oxygen atoms in total. The van der Waals surface area contributed by atoms with Gasteiger partial charge < -0.3 is 0 Å². The summed E-state index contributed by atoms with van der Waals surface area (Å²) in [6.07, 6.45) is 8.20. The molecule has 0 N–H and O–H groups in total. The van der Waals surface area contributed by atoms with Crippen molar-refractivity contribution in [2.75, 3.05) is 0 Å². The van der Waals surface area contributed by atoms with Crippen molar-refractivity contribution >= 4 is 22.4 Å². The Bertz CT molecular complexity index is 1410. The first-order valence-electron chi connectivity index (χ1n) is 11.4. The van der Waals surface area contributed by atoms with Crippen molar-refractivity contribution in [2.24, 2.45) is 0 Å². The number of hydrogen-bond acceptors (Lipinski definition) is 0. The van der Waals surface area contributed by atoms with E-state index in [1.165, 1.54) is 28.8 Å². The minimum Gasteiger partial charge on any atom is -0.205 e. The molecule has 3 heteroatoms. The van der Waals surface area contributed by atoms with Crippen LogP contribution in [0.15, 0.2) is 84.9 Å². The van der Waals surface area contributed by atoms with Crippen LogP contribution in [0.4, 0.5) is 8.78 Å². The van der Waals surface area contributed by atoms with E-state index in [0.717, 1.165) is 31.1 Å². The standard InChI is InChI=1S/C31H25ClF2/c1-2-3-4-7-24-8-5-6-9-25(24)14-10-22-12-18-28-27(20-22)17-16-26(31(28)34)15-11-23-13-19-29(32)30(33)21-23/h2-3,5-6,8-9,12-13,16-21H,4,7,10,14H2,1H3/b3-2+. The molecule has 0 unspecified atom stereocenters. The molecule has 4 aromatic rings. The quantitative estimate of drug-likeness (QED) is 0.196. The molecule has 34 heavy (non-hydrogen) atoms. The van der Waals surface area contributed by atoms with Gasteiger partial charge in [0.05, 0.1) is 10.6 Å². The third kappa shape index (κ3) is 5.74. The summed E-state index contributed by atoms with van der Waals surface area (Å²) in [5.41, 5.74) is 4.65. The summed E-state index contributed by atoms with van der Waals surface area (Å²) in [7, 11) is 0. The summed E-state index contributed by atoms with van der Waals surface area (Å²) < 4.78 is 28.7. The zero-order chi connectivity index (χ0) is 23.9. The maximum absolute atomic E-state index is 15.1. The molecule has 0 spiro atoms. The first kappa shape index (κ1) is 23.7. The van der Waals surface area contributed by atoms with Crippen LogP contribution >= 0.6 is 11.6 Å². The summed E-state index contributed by atoms with van der Waals surface area (Å²) in [6, 6.07) is 22.3. The lowest BCUT2D eigenvalue weighted by atomic mass is 9.95. The van der Waals surface area contributed by atoms with Crippen LogP contribution in [-0.4, -0.2) is 0 Å². The second-order valence-corrected chi connectivity index (χ2v) is 8.65. The third-order valence-corrected chi connectivity index (χ3v) is 6.20. The molecule has 0 aliphatic rings. The topological polar surface area (TPSA) is 0 Å². The molecular weight excluding hydrogens is 446 g/mol. The van der Waals surface area contributed by atoms with E-state index in [1.54, 1.807) is 12.1 Å². The van der Waals surface area contributed by atoms with Crippen molar-refractivity contribution in [3.63, 3.8) is 0 Å². The Labute approximate surface area is 204 Å². The van der Waals surface area contributed by atoms with Gasteiger partial charge in [0.2, 0.25) is 0 Å². The van der Waals surface area contributed by atoms with E-state index in [9.17, 15) is 4.39 Å². The van der Waals surface area contributed by atoms with Crippen molar-refractivity contribution in [3.05, 3.63) is 129 Å². The van der Waals surface area contributed by atoms with Gasteiger partial charge in [0.15, 0.2) is 0 Å². The zero-order valence-electron chi connectivity index (χ0n) is 19.0. The molecule has 0 bridgehead atoms. The molecule has 4 aromatic carbocycles. The normalized spacial score (nSPS) is 11.1. The van der Waals surface area contributed by atoms with Crippen molar-refractivity contribution < 1.29 is 8.78 Å². The summed E-state index contributed by atoms with van der Waals surface area (Å²) >= 11 is 5.71. The summed E-state index contributed by atoms with van der Waals surface area (Å²) in [6.45, 7) is 2.05. The Morgan fingerprint density at radius 3 is 2.38 bits per heavy atom. The first-order valence-corrected chi connectivity index (χ1v) is 11.8. The summed E-state index contributed by atoms with van der Waals surface area (Å²) in [4.78, 5) is 0. The number of fused-ring (bicyclic) bond motifs is 1. The molecule has 0 amide bonds. The molecule has 170 valence electrons. The lowest BCUT2D eigenvalue weighted by molar-refractivity contribution is 0.628. The van der Waals surface area contributed by atoms with Crippen LogP contribution < -0.4 is 0 Å². The van der Waals surface area contributed by atoms with Gasteiger partial charge in [-0.05, 0) is 78.9 Å². The number of benzene rings is 4. The highest BCUT2D eigenvalue weighted by Crippen LogP contribution is 2.24. The van der Waals surface area contributed by atoms with Crippen LogP contribution in [0, 0.1) is 23.5 Å². The average Bonchev–Trinajstić information content (AvgIpc) is 2.85. The van der Waals surface area contributed by atoms with Gasteiger partial charge in [0, 0.05) is 10.9 Å². The molecule has 0 aliphatic carbocycles. The highest BCUT2D eigenvalue weighted by molar-refractivity contribution is 6.30. The molecule has 0 heterocycles. The zero-order valence-corrected chi connectivity index (χ0v) is 19.8. The van der Waals surface area contributed by atoms with E-state index in [-0.39, 0.29) is 16.4 Å². The summed E-state index contributed by atoms with van der Waals surface area (Å²) in [5, 5.41) is 1.42. The average molecular weight is 471 g/mol. The highest BCUT2D eigenvalue weighted by Gasteiger charge is 2.08. The molecule has 0 saturated carbocycles. The van der Waals surface area contributed by atoms with Crippen molar-refractivity contribution in [1.29, 1.82) is 0 Å². The van der Waals surface area contributed by atoms with Gasteiger partial charge in [0.25, 0.3) is 0 Å². The summed E-state index contributed by atoms with van der Waals surface area (Å²) in [5.74, 6) is 4.73. The van der Waals surface area contributed by atoms with Crippen LogP contribution in [0.25, 0.3) is 10.8 Å². The van der Waals surface area contributed by atoms with Crippen molar-refractivity contribution in [2.45, 2.75) is 32.6 Å². The molecule has 0 saturated heterocycles. The van der Waals surface area contributed by atoms with E-state index in [2.05, 4.69) is 48.3 Å². The van der Waals surface area contributed by atoms with Crippen molar-refractivity contribution in [3.8, 4) is 11.8 Å². The number of halogens is 3. The van der Waals surface area contributed by atoms with Gasteiger partial charge in [-0.3, -0.25) is 0 Å². The third-order valence-electron chi connectivity index (χ3n) is 5.90. The van der Waals surface area contributed by atoms with Crippen LogP contribution in [0.1, 0.15) is 41.2 Å². The molecule has 0 fully saturated rings. The van der Waals surface area contributed by atoms with Gasteiger partial charge in [-0.2, -0.15) is 0 Å². The lowest BCUT2D eigenvalue weighted by Crippen LogP contribution is -1.97. The van der Waals surface area contributed by atoms with Gasteiger partial charge in [-0.25, -0.2) is 8.78 Å². The second kappa shape index (κ2) is 11.1. The molecular formula is C31H25ClF2. The fourth-order valence-electron chi connectivity index (χ4n) is 4.04. The number of allylic oxidation sites excluding steroid dienone is 2. The minimum atomic E-state index is -0.541. The minimum absolute atomic E-state index is 0.0374. The number of rotatable bonds is 6. The van der Waals surface area contributed by atoms with E-state index in [1.807, 2.05) is 31.2 Å². The largest absolute Gasteiger partial charge is 0.205 e. The van der Waals surface area contributed by atoms with Gasteiger partial charge in [-0.1, -0.05) is 84.1 Å². The fourth-order valence-corrected chi connectivity index (χ4v) is 4.15.